The van der Waals surface area contributed by atoms with Crippen molar-refractivity contribution in [3.8, 4) is 11.1 Å². The van der Waals surface area contributed by atoms with Crippen LogP contribution in [0.4, 0.5) is 10.2 Å². The topological polar surface area (TPSA) is 29.0 Å². The second-order valence-corrected chi connectivity index (χ2v) is 7.00. The zero-order chi connectivity index (χ0) is 18.0. The molecule has 3 rings (SSSR count). The van der Waals surface area contributed by atoms with E-state index in [0.717, 1.165) is 37.9 Å². The summed E-state index contributed by atoms with van der Waals surface area (Å²) < 4.78 is 13.4. The molecule has 0 aliphatic carbocycles. The minimum atomic E-state index is -0.242. The Balaban J connectivity index is 2.30. The summed E-state index contributed by atoms with van der Waals surface area (Å²) in [6.45, 7) is 13.0. The molecular formula is C20H20FN3S. The van der Waals surface area contributed by atoms with Gasteiger partial charge in [-0.3, -0.25) is 0 Å². The lowest BCUT2D eigenvalue weighted by molar-refractivity contribution is 0.628. The molecule has 0 spiro atoms. The summed E-state index contributed by atoms with van der Waals surface area (Å²) in [5, 5.41) is 1.00. The van der Waals surface area contributed by atoms with Gasteiger partial charge in [0.05, 0.1) is 5.39 Å². The molecule has 0 unspecified atom stereocenters. The maximum Gasteiger partial charge on any atom is 0.142 e. The average molecular weight is 353 g/mol. The van der Waals surface area contributed by atoms with Crippen molar-refractivity contribution in [2.45, 2.75) is 13.8 Å². The van der Waals surface area contributed by atoms with Gasteiger partial charge in [0.1, 0.15) is 22.3 Å². The van der Waals surface area contributed by atoms with Crippen LogP contribution in [0.3, 0.4) is 0 Å². The number of halogens is 1. The van der Waals surface area contributed by atoms with Crippen LogP contribution in [0.1, 0.15) is 10.7 Å². The van der Waals surface area contributed by atoms with E-state index in [4.69, 9.17) is 4.98 Å². The lowest BCUT2D eigenvalue weighted by atomic mass is 10.0. The highest BCUT2D eigenvalue weighted by Crippen LogP contribution is 2.41. The largest absolute Gasteiger partial charge is 0.349 e. The molecule has 25 heavy (non-hydrogen) atoms. The van der Waals surface area contributed by atoms with Gasteiger partial charge >= 0.3 is 0 Å². The Morgan fingerprint density at radius 1 is 1.08 bits per heavy atom. The number of fused-ring (bicyclic) bond motifs is 1. The van der Waals surface area contributed by atoms with E-state index in [2.05, 4.69) is 30.0 Å². The van der Waals surface area contributed by atoms with Gasteiger partial charge in [0.25, 0.3) is 0 Å². The Bertz CT molecular complexity index is 918. The molecule has 2 heterocycles. The maximum absolute atomic E-state index is 13.4. The normalized spacial score (nSPS) is 10.8. The molecular weight excluding hydrogens is 333 g/mol. The molecule has 5 heteroatoms. The van der Waals surface area contributed by atoms with E-state index in [1.165, 1.54) is 12.1 Å². The molecule has 3 aromatic rings. The van der Waals surface area contributed by atoms with E-state index in [1.54, 1.807) is 23.5 Å². The van der Waals surface area contributed by atoms with Gasteiger partial charge in [-0.1, -0.05) is 24.3 Å². The number of nitrogens with zero attached hydrogens (tertiary/aromatic N) is 3. The standard InChI is InChI=1S/C20H20FN3S/c1-5-11-24(12-6-2)19-18-17(15-7-9-16(21)10-8-15)13(3)25-20(18)23-14(4)22-19/h5-10H,1-2,11-12H2,3-4H3. The summed E-state index contributed by atoms with van der Waals surface area (Å²) in [7, 11) is 0. The number of hydrogen-bond donors (Lipinski definition) is 0. The molecule has 3 nitrogen and oxygen atoms in total. The third-order valence-corrected chi connectivity index (χ3v) is 4.95. The number of aromatic nitrogens is 2. The molecule has 2 aromatic heterocycles. The minimum Gasteiger partial charge on any atom is -0.349 e. The van der Waals surface area contributed by atoms with Crippen molar-refractivity contribution in [3.05, 3.63) is 66.1 Å². The summed E-state index contributed by atoms with van der Waals surface area (Å²) in [6, 6.07) is 6.58. The zero-order valence-corrected chi connectivity index (χ0v) is 15.2. The highest BCUT2D eigenvalue weighted by molar-refractivity contribution is 7.19. The van der Waals surface area contributed by atoms with Gasteiger partial charge in [-0.2, -0.15) is 0 Å². The molecule has 0 saturated heterocycles. The second kappa shape index (κ2) is 7.15. The van der Waals surface area contributed by atoms with Crippen LogP contribution in [0, 0.1) is 19.7 Å². The lowest BCUT2D eigenvalue weighted by Crippen LogP contribution is -2.24. The third kappa shape index (κ3) is 3.33. The number of aryl methyl sites for hydroxylation is 2. The van der Waals surface area contributed by atoms with Crippen LogP contribution in [0.5, 0.6) is 0 Å². The van der Waals surface area contributed by atoms with E-state index in [0.29, 0.717) is 13.1 Å². The zero-order valence-electron chi connectivity index (χ0n) is 14.4. The summed E-state index contributed by atoms with van der Waals surface area (Å²) in [6.07, 6.45) is 3.70. The first-order chi connectivity index (χ1) is 12.0. The van der Waals surface area contributed by atoms with Crippen LogP contribution >= 0.6 is 11.3 Å². The van der Waals surface area contributed by atoms with Gasteiger partial charge in [-0.25, -0.2) is 14.4 Å². The maximum atomic E-state index is 13.4. The summed E-state index contributed by atoms with van der Waals surface area (Å²) in [4.78, 5) is 13.5. The molecule has 0 fully saturated rings. The fourth-order valence-electron chi connectivity index (χ4n) is 2.95. The van der Waals surface area contributed by atoms with Gasteiger partial charge in [-0.05, 0) is 31.5 Å². The van der Waals surface area contributed by atoms with Gasteiger partial charge in [0, 0.05) is 23.5 Å². The first-order valence-electron chi connectivity index (χ1n) is 8.05. The number of thiophene rings is 1. The Morgan fingerprint density at radius 2 is 1.72 bits per heavy atom. The fraction of sp³-hybridized carbons (Fsp3) is 0.200. The summed E-state index contributed by atoms with van der Waals surface area (Å²) in [5.41, 5.74) is 2.03. The number of benzene rings is 1. The molecule has 1 aromatic carbocycles. The Hall–Kier alpha value is -2.53. The van der Waals surface area contributed by atoms with Crippen molar-refractivity contribution < 1.29 is 4.39 Å². The van der Waals surface area contributed by atoms with Crippen molar-refractivity contribution in [1.82, 2.24) is 9.97 Å². The van der Waals surface area contributed by atoms with Gasteiger partial charge < -0.3 is 4.90 Å². The van der Waals surface area contributed by atoms with E-state index in [-0.39, 0.29) is 5.82 Å². The molecule has 0 N–H and O–H groups in total. The van der Waals surface area contributed by atoms with E-state index >= 15 is 0 Å². The summed E-state index contributed by atoms with van der Waals surface area (Å²) >= 11 is 1.64. The van der Waals surface area contributed by atoms with E-state index < -0.39 is 0 Å². The quantitative estimate of drug-likeness (QED) is 0.564. The molecule has 0 radical (unpaired) electrons. The third-order valence-electron chi connectivity index (χ3n) is 3.95. The first-order valence-corrected chi connectivity index (χ1v) is 8.87. The Labute approximate surface area is 151 Å². The van der Waals surface area contributed by atoms with Crippen LogP contribution in [-0.4, -0.2) is 23.1 Å². The monoisotopic (exact) mass is 353 g/mol. The molecule has 0 bridgehead atoms. The molecule has 0 amide bonds. The van der Waals surface area contributed by atoms with Crippen LogP contribution in [0.2, 0.25) is 0 Å². The van der Waals surface area contributed by atoms with Crippen molar-refractivity contribution >= 4 is 27.4 Å². The number of anilines is 1. The van der Waals surface area contributed by atoms with Gasteiger partial charge in [0.15, 0.2) is 0 Å². The van der Waals surface area contributed by atoms with Crippen LogP contribution in [0.15, 0.2) is 49.6 Å². The van der Waals surface area contributed by atoms with E-state index in [1.807, 2.05) is 19.1 Å². The SMILES string of the molecule is C=CCN(CC=C)c1nc(C)nc2sc(C)c(-c3ccc(F)cc3)c12. The fourth-order valence-corrected chi connectivity index (χ4v) is 4.03. The minimum absolute atomic E-state index is 0.242. The smallest absolute Gasteiger partial charge is 0.142 e. The number of rotatable bonds is 6. The molecule has 0 aliphatic rings. The predicted molar refractivity (Wildman–Crippen MR) is 105 cm³/mol. The number of hydrogen-bond acceptors (Lipinski definition) is 4. The predicted octanol–water partition coefficient (Wildman–Crippen LogP) is 5.29. The van der Waals surface area contributed by atoms with Gasteiger partial charge in [-0.15, -0.1) is 24.5 Å². The molecule has 0 aliphatic heterocycles. The first kappa shape index (κ1) is 17.3. The average Bonchev–Trinajstić information content (AvgIpc) is 2.90. The Morgan fingerprint density at radius 3 is 2.32 bits per heavy atom. The molecule has 0 saturated carbocycles. The van der Waals surface area contributed by atoms with Crippen molar-refractivity contribution in [1.29, 1.82) is 0 Å². The van der Waals surface area contributed by atoms with Crippen molar-refractivity contribution in [3.63, 3.8) is 0 Å². The van der Waals surface area contributed by atoms with E-state index in [9.17, 15) is 4.39 Å². The van der Waals surface area contributed by atoms with Gasteiger partial charge in [0.2, 0.25) is 0 Å². The summed E-state index contributed by atoms with van der Waals surface area (Å²) in [5.74, 6) is 1.35. The lowest BCUT2D eigenvalue weighted by Gasteiger charge is -2.22. The van der Waals surface area contributed by atoms with Crippen molar-refractivity contribution in [2.75, 3.05) is 18.0 Å². The Kier molecular flexibility index (Phi) is 4.95. The molecule has 128 valence electrons. The van der Waals surface area contributed by atoms with Crippen LogP contribution in [0.25, 0.3) is 21.3 Å². The highest BCUT2D eigenvalue weighted by atomic mass is 32.1. The van der Waals surface area contributed by atoms with Crippen molar-refractivity contribution in [2.24, 2.45) is 0 Å². The molecule has 0 atom stereocenters. The highest BCUT2D eigenvalue weighted by Gasteiger charge is 2.20. The van der Waals surface area contributed by atoms with Crippen LogP contribution < -0.4 is 4.90 Å². The van der Waals surface area contributed by atoms with Crippen LogP contribution in [-0.2, 0) is 0 Å². The second-order valence-electron chi connectivity index (χ2n) is 5.80.